The highest BCUT2D eigenvalue weighted by Crippen LogP contribution is 2.12. The summed E-state index contributed by atoms with van der Waals surface area (Å²) in [6.45, 7) is 2.08. The number of nitrogens with zero attached hydrogens (tertiary/aromatic N) is 2. The maximum Gasteiger partial charge on any atom is 0.0626 e. The van der Waals surface area contributed by atoms with Crippen molar-refractivity contribution in [2.24, 2.45) is 12.9 Å². The Hall–Kier alpha value is -0.870. The predicted octanol–water partition coefficient (Wildman–Crippen LogP) is 0.334. The van der Waals surface area contributed by atoms with Crippen molar-refractivity contribution >= 4 is 0 Å². The number of nitrogens with one attached hydrogen (secondary N) is 1. The molecule has 0 fully saturated rings. The highest BCUT2D eigenvalue weighted by atomic mass is 15.3. The summed E-state index contributed by atoms with van der Waals surface area (Å²) in [5, 5.41) is 4.05. The van der Waals surface area contributed by atoms with Crippen LogP contribution in [0, 0.1) is 0 Å². The van der Waals surface area contributed by atoms with Crippen molar-refractivity contribution in [1.82, 2.24) is 15.2 Å². The summed E-state index contributed by atoms with van der Waals surface area (Å²) in [6.07, 6.45) is 2.74. The fourth-order valence-corrected chi connectivity index (χ4v) is 1.14. The van der Waals surface area contributed by atoms with Crippen LogP contribution in [0.5, 0.6) is 0 Å². The van der Waals surface area contributed by atoms with Crippen LogP contribution in [0.4, 0.5) is 0 Å². The Morgan fingerprint density at radius 3 is 2.91 bits per heavy atom. The monoisotopic (exact) mass is 154 g/mol. The van der Waals surface area contributed by atoms with Crippen molar-refractivity contribution < 1.29 is 0 Å². The number of nitrogens with two attached hydrogens (primary N) is 1. The van der Waals surface area contributed by atoms with E-state index in [4.69, 9.17) is 5.84 Å². The van der Waals surface area contributed by atoms with Gasteiger partial charge in [0.15, 0.2) is 0 Å². The average molecular weight is 154 g/mol. The van der Waals surface area contributed by atoms with E-state index in [1.54, 1.807) is 6.20 Å². The molecule has 0 aliphatic rings. The van der Waals surface area contributed by atoms with Crippen LogP contribution in [0.2, 0.25) is 0 Å². The Labute approximate surface area is 66.4 Å². The molecule has 0 aliphatic heterocycles. The second-order valence-electron chi connectivity index (χ2n) is 2.51. The van der Waals surface area contributed by atoms with Gasteiger partial charge in [0.25, 0.3) is 0 Å². The highest BCUT2D eigenvalue weighted by Gasteiger charge is 2.09. The molecule has 3 N–H and O–H groups in total. The molecule has 0 saturated carbocycles. The molecule has 0 amide bonds. The highest BCUT2D eigenvalue weighted by molar-refractivity contribution is 5.05. The van der Waals surface area contributed by atoms with Crippen LogP contribution in [0.25, 0.3) is 0 Å². The van der Waals surface area contributed by atoms with Crippen molar-refractivity contribution in [2.75, 3.05) is 0 Å². The van der Waals surface area contributed by atoms with E-state index in [9.17, 15) is 0 Å². The summed E-state index contributed by atoms with van der Waals surface area (Å²) in [5.74, 6) is 5.35. The number of hydrogen-bond acceptors (Lipinski definition) is 3. The van der Waals surface area contributed by atoms with E-state index in [1.165, 1.54) is 0 Å². The standard InChI is InChI=1S/C7H14N4/c1-3-6(10-8)7-4-5-9-11(7)2/h4-6,10H,3,8H2,1-2H3. The molecule has 0 aromatic carbocycles. The number of hydrazine groups is 1. The normalized spacial score (nSPS) is 13.4. The number of aryl methyl sites for hydroxylation is 1. The van der Waals surface area contributed by atoms with E-state index in [-0.39, 0.29) is 6.04 Å². The zero-order valence-electron chi connectivity index (χ0n) is 6.91. The smallest absolute Gasteiger partial charge is 0.0626 e. The summed E-state index contributed by atoms with van der Waals surface area (Å²) in [7, 11) is 1.91. The maximum absolute atomic E-state index is 5.35. The topological polar surface area (TPSA) is 55.9 Å². The SMILES string of the molecule is CCC(NN)c1ccnn1C. The number of aromatic nitrogens is 2. The van der Waals surface area contributed by atoms with Crippen molar-refractivity contribution in [3.8, 4) is 0 Å². The lowest BCUT2D eigenvalue weighted by Crippen LogP contribution is -2.28. The molecule has 4 heteroatoms. The second-order valence-corrected chi connectivity index (χ2v) is 2.51. The molecule has 11 heavy (non-hydrogen) atoms. The molecule has 1 aromatic heterocycles. The first kappa shape index (κ1) is 8.23. The van der Waals surface area contributed by atoms with Crippen LogP contribution in [-0.4, -0.2) is 9.78 Å². The van der Waals surface area contributed by atoms with Crippen LogP contribution < -0.4 is 11.3 Å². The zero-order valence-corrected chi connectivity index (χ0v) is 6.91. The second kappa shape index (κ2) is 3.50. The quantitative estimate of drug-likeness (QED) is 0.487. The Morgan fingerprint density at radius 2 is 2.55 bits per heavy atom. The van der Waals surface area contributed by atoms with Crippen molar-refractivity contribution in [1.29, 1.82) is 0 Å². The lowest BCUT2D eigenvalue weighted by molar-refractivity contribution is 0.498. The molecule has 62 valence electrons. The van der Waals surface area contributed by atoms with Gasteiger partial charge in [-0.25, -0.2) is 0 Å². The zero-order chi connectivity index (χ0) is 8.27. The van der Waals surface area contributed by atoms with Crippen LogP contribution in [0.1, 0.15) is 25.1 Å². The minimum atomic E-state index is 0.211. The molecule has 0 spiro atoms. The Morgan fingerprint density at radius 1 is 1.82 bits per heavy atom. The third-order valence-electron chi connectivity index (χ3n) is 1.83. The molecule has 4 nitrogen and oxygen atoms in total. The fourth-order valence-electron chi connectivity index (χ4n) is 1.14. The molecule has 1 rings (SSSR count). The molecule has 0 bridgehead atoms. The maximum atomic E-state index is 5.35. The summed E-state index contributed by atoms with van der Waals surface area (Å²) < 4.78 is 1.83. The average Bonchev–Trinajstić information content (AvgIpc) is 2.40. The van der Waals surface area contributed by atoms with E-state index >= 15 is 0 Å². The lowest BCUT2D eigenvalue weighted by atomic mass is 10.2. The summed E-state index contributed by atoms with van der Waals surface area (Å²) in [4.78, 5) is 0. The minimum Gasteiger partial charge on any atom is -0.271 e. The van der Waals surface area contributed by atoms with Gasteiger partial charge in [-0.1, -0.05) is 6.92 Å². The van der Waals surface area contributed by atoms with Gasteiger partial charge >= 0.3 is 0 Å². The Bertz CT molecular complexity index is 214. The van der Waals surface area contributed by atoms with Crippen molar-refractivity contribution in [2.45, 2.75) is 19.4 Å². The van der Waals surface area contributed by atoms with Gasteiger partial charge in [-0.15, -0.1) is 0 Å². The third kappa shape index (κ3) is 1.58. The van der Waals surface area contributed by atoms with Gasteiger partial charge in [-0.3, -0.25) is 16.0 Å². The van der Waals surface area contributed by atoms with Gasteiger partial charge in [0, 0.05) is 13.2 Å². The van der Waals surface area contributed by atoms with Crippen LogP contribution in [-0.2, 0) is 7.05 Å². The number of rotatable bonds is 3. The van der Waals surface area contributed by atoms with E-state index < -0.39 is 0 Å². The first-order chi connectivity index (χ1) is 5.29. The molecular weight excluding hydrogens is 140 g/mol. The molecule has 1 unspecified atom stereocenters. The van der Waals surface area contributed by atoms with E-state index in [2.05, 4.69) is 17.4 Å². The molecule has 1 heterocycles. The fraction of sp³-hybridized carbons (Fsp3) is 0.571. The molecule has 0 aliphatic carbocycles. The van der Waals surface area contributed by atoms with Crippen LogP contribution in [0.15, 0.2) is 12.3 Å². The van der Waals surface area contributed by atoms with Gasteiger partial charge in [0.05, 0.1) is 11.7 Å². The molecular formula is C7H14N4. The summed E-state index contributed by atoms with van der Waals surface area (Å²) >= 11 is 0. The Kier molecular flexibility index (Phi) is 2.62. The minimum absolute atomic E-state index is 0.211. The Balaban J connectivity index is 2.81. The van der Waals surface area contributed by atoms with E-state index in [0.29, 0.717) is 0 Å². The predicted molar refractivity (Wildman–Crippen MR) is 43.6 cm³/mol. The van der Waals surface area contributed by atoms with E-state index in [0.717, 1.165) is 12.1 Å². The molecule has 0 saturated heterocycles. The first-order valence-corrected chi connectivity index (χ1v) is 3.73. The van der Waals surface area contributed by atoms with Crippen LogP contribution >= 0.6 is 0 Å². The third-order valence-corrected chi connectivity index (χ3v) is 1.83. The summed E-state index contributed by atoms with van der Waals surface area (Å²) in [6, 6.07) is 2.18. The van der Waals surface area contributed by atoms with Crippen molar-refractivity contribution in [3.05, 3.63) is 18.0 Å². The van der Waals surface area contributed by atoms with Gasteiger partial charge < -0.3 is 0 Å². The first-order valence-electron chi connectivity index (χ1n) is 3.73. The largest absolute Gasteiger partial charge is 0.271 e. The van der Waals surface area contributed by atoms with Crippen molar-refractivity contribution in [3.63, 3.8) is 0 Å². The van der Waals surface area contributed by atoms with Gasteiger partial charge in [0.1, 0.15) is 0 Å². The van der Waals surface area contributed by atoms with Gasteiger partial charge in [-0.05, 0) is 12.5 Å². The molecule has 1 atom stereocenters. The number of hydrogen-bond donors (Lipinski definition) is 2. The van der Waals surface area contributed by atoms with Crippen LogP contribution in [0.3, 0.4) is 0 Å². The summed E-state index contributed by atoms with van der Waals surface area (Å²) in [5.41, 5.74) is 3.85. The van der Waals surface area contributed by atoms with Gasteiger partial charge in [-0.2, -0.15) is 5.10 Å². The molecule has 1 aromatic rings. The van der Waals surface area contributed by atoms with Gasteiger partial charge in [0.2, 0.25) is 0 Å². The van der Waals surface area contributed by atoms with E-state index in [1.807, 2.05) is 17.8 Å². The molecule has 0 radical (unpaired) electrons. The lowest BCUT2D eigenvalue weighted by Gasteiger charge is -2.12.